The molecule has 2 aromatic carbocycles. The number of thioether (sulfide) groups is 1. The molecule has 1 heterocycles. The van der Waals surface area contributed by atoms with E-state index in [1.54, 1.807) is 48.5 Å². The number of halogens is 2. The summed E-state index contributed by atoms with van der Waals surface area (Å²) < 4.78 is 0. The van der Waals surface area contributed by atoms with Crippen molar-refractivity contribution < 1.29 is 9.90 Å². The van der Waals surface area contributed by atoms with E-state index in [0.717, 1.165) is 5.56 Å². The van der Waals surface area contributed by atoms with Crippen molar-refractivity contribution in [1.82, 2.24) is 5.32 Å². The van der Waals surface area contributed by atoms with Crippen LogP contribution in [0.15, 0.2) is 52.4 Å². The number of aromatic hydroxyl groups is 1. The molecule has 1 amide bonds. The van der Waals surface area contributed by atoms with Crippen LogP contribution < -0.4 is 5.32 Å². The number of hydrogen-bond donors (Lipinski definition) is 2. The van der Waals surface area contributed by atoms with E-state index in [0.29, 0.717) is 25.8 Å². The van der Waals surface area contributed by atoms with Crippen molar-refractivity contribution in [2.45, 2.75) is 0 Å². The normalized spacial score (nSPS) is 17.7. The molecule has 2 N–H and O–H groups in total. The van der Waals surface area contributed by atoms with Gasteiger partial charge in [-0.25, -0.2) is 4.99 Å². The van der Waals surface area contributed by atoms with Gasteiger partial charge in [0.1, 0.15) is 5.75 Å². The smallest absolute Gasteiger partial charge is 0.264 e. The lowest BCUT2D eigenvalue weighted by Gasteiger charge is -1.99. The molecule has 116 valence electrons. The summed E-state index contributed by atoms with van der Waals surface area (Å²) in [6.45, 7) is 0. The minimum atomic E-state index is -0.220. The molecule has 1 saturated heterocycles. The minimum Gasteiger partial charge on any atom is -0.508 e. The predicted molar refractivity (Wildman–Crippen MR) is 95.4 cm³/mol. The number of amides is 1. The molecular formula is C16H10Cl2N2O2S. The number of nitrogens with one attached hydrogen (secondary N) is 1. The van der Waals surface area contributed by atoms with Crippen LogP contribution in [0, 0.1) is 0 Å². The zero-order valence-corrected chi connectivity index (χ0v) is 13.9. The number of benzene rings is 2. The molecule has 2 aromatic rings. The Morgan fingerprint density at radius 1 is 1.09 bits per heavy atom. The Labute approximate surface area is 146 Å². The van der Waals surface area contributed by atoms with Gasteiger partial charge in [0, 0.05) is 0 Å². The van der Waals surface area contributed by atoms with Crippen LogP contribution >= 0.6 is 35.0 Å². The third-order valence-corrected chi connectivity index (χ3v) is 4.62. The second kappa shape index (κ2) is 6.66. The molecule has 23 heavy (non-hydrogen) atoms. The molecule has 1 fully saturated rings. The number of carbonyl (C=O) groups is 1. The van der Waals surface area contributed by atoms with E-state index in [-0.39, 0.29) is 11.7 Å². The van der Waals surface area contributed by atoms with E-state index in [1.165, 1.54) is 11.8 Å². The molecule has 0 spiro atoms. The van der Waals surface area contributed by atoms with Crippen LogP contribution in [0.4, 0.5) is 5.69 Å². The molecule has 0 aliphatic carbocycles. The maximum Gasteiger partial charge on any atom is 0.264 e. The summed E-state index contributed by atoms with van der Waals surface area (Å²) in [6, 6.07) is 11.6. The van der Waals surface area contributed by atoms with Gasteiger partial charge in [-0.05, 0) is 53.7 Å². The molecular weight excluding hydrogens is 355 g/mol. The Balaban J connectivity index is 1.82. The summed E-state index contributed by atoms with van der Waals surface area (Å²) in [5, 5.41) is 13.3. The predicted octanol–water partition coefficient (Wildman–Crippen LogP) is 4.59. The molecule has 4 nitrogen and oxygen atoms in total. The highest BCUT2D eigenvalue weighted by Crippen LogP contribution is 2.31. The van der Waals surface area contributed by atoms with Gasteiger partial charge in [0.05, 0.1) is 20.6 Å². The van der Waals surface area contributed by atoms with Crippen molar-refractivity contribution in [1.29, 1.82) is 0 Å². The molecule has 1 aliphatic rings. The molecule has 0 saturated carbocycles. The van der Waals surface area contributed by atoms with E-state index < -0.39 is 0 Å². The lowest BCUT2D eigenvalue weighted by molar-refractivity contribution is -0.115. The van der Waals surface area contributed by atoms with Crippen molar-refractivity contribution in [3.8, 4) is 5.75 Å². The van der Waals surface area contributed by atoms with Gasteiger partial charge in [-0.2, -0.15) is 0 Å². The van der Waals surface area contributed by atoms with Gasteiger partial charge in [-0.1, -0.05) is 35.3 Å². The summed E-state index contributed by atoms with van der Waals surface area (Å²) in [5.41, 5.74) is 1.42. The fraction of sp³-hybridized carbons (Fsp3) is 0. The molecule has 1 aliphatic heterocycles. The van der Waals surface area contributed by atoms with Gasteiger partial charge in [-0.3, -0.25) is 4.79 Å². The number of rotatable bonds is 2. The maximum atomic E-state index is 12.0. The van der Waals surface area contributed by atoms with E-state index in [4.69, 9.17) is 23.2 Å². The van der Waals surface area contributed by atoms with Gasteiger partial charge in [0.2, 0.25) is 0 Å². The number of phenolic OH excluding ortho intramolecular Hbond substituents is 1. The first kappa shape index (κ1) is 15.9. The summed E-state index contributed by atoms with van der Waals surface area (Å²) in [4.78, 5) is 16.9. The second-order valence-corrected chi connectivity index (χ2v) is 6.52. The van der Waals surface area contributed by atoms with Crippen molar-refractivity contribution in [2.24, 2.45) is 4.99 Å². The molecule has 0 bridgehead atoms. The van der Waals surface area contributed by atoms with Crippen LogP contribution in [0.5, 0.6) is 5.75 Å². The lowest BCUT2D eigenvalue weighted by atomic mass is 10.2. The van der Waals surface area contributed by atoms with Crippen molar-refractivity contribution in [2.75, 3.05) is 0 Å². The quantitative estimate of drug-likeness (QED) is 0.766. The molecule has 0 radical (unpaired) electrons. The highest BCUT2D eigenvalue weighted by atomic mass is 35.5. The standard InChI is InChI=1S/C16H10Cl2N2O2S/c17-12-6-3-10(8-13(12)18)19-16-20-15(22)14(23-16)7-9-1-4-11(21)5-2-9/h1-8,21H,(H,19,20,22). The summed E-state index contributed by atoms with van der Waals surface area (Å²) in [7, 11) is 0. The van der Waals surface area contributed by atoms with E-state index in [9.17, 15) is 9.90 Å². The monoisotopic (exact) mass is 364 g/mol. The number of amidine groups is 1. The van der Waals surface area contributed by atoms with Crippen LogP contribution in [0.1, 0.15) is 5.56 Å². The average molecular weight is 365 g/mol. The van der Waals surface area contributed by atoms with Crippen LogP contribution in [0.3, 0.4) is 0 Å². The number of nitrogens with zero attached hydrogens (tertiary/aromatic N) is 1. The van der Waals surface area contributed by atoms with Gasteiger partial charge in [0.25, 0.3) is 5.91 Å². The van der Waals surface area contributed by atoms with Gasteiger partial charge < -0.3 is 10.4 Å². The summed E-state index contributed by atoms with van der Waals surface area (Å²) in [6.07, 6.45) is 1.73. The van der Waals surface area contributed by atoms with Gasteiger partial charge >= 0.3 is 0 Å². The number of aliphatic imine (C=N–C) groups is 1. The Hall–Kier alpha value is -1.95. The van der Waals surface area contributed by atoms with Gasteiger partial charge in [0.15, 0.2) is 5.17 Å². The maximum absolute atomic E-state index is 12.0. The molecule has 0 atom stereocenters. The second-order valence-electron chi connectivity index (χ2n) is 4.67. The summed E-state index contributed by atoms with van der Waals surface area (Å²) >= 11 is 13.0. The Bertz CT molecular complexity index is 832. The Morgan fingerprint density at radius 3 is 2.52 bits per heavy atom. The molecule has 0 unspecified atom stereocenters. The zero-order valence-electron chi connectivity index (χ0n) is 11.6. The van der Waals surface area contributed by atoms with Crippen LogP contribution in [-0.2, 0) is 4.79 Å². The Morgan fingerprint density at radius 2 is 1.83 bits per heavy atom. The van der Waals surface area contributed by atoms with E-state index in [2.05, 4.69) is 10.3 Å². The largest absolute Gasteiger partial charge is 0.508 e. The first-order chi connectivity index (χ1) is 11.0. The van der Waals surface area contributed by atoms with E-state index in [1.807, 2.05) is 0 Å². The number of carbonyl (C=O) groups excluding carboxylic acids is 1. The average Bonchev–Trinajstić information content (AvgIpc) is 2.85. The first-order valence-electron chi connectivity index (χ1n) is 6.55. The third kappa shape index (κ3) is 3.88. The minimum absolute atomic E-state index is 0.178. The van der Waals surface area contributed by atoms with Crippen molar-refractivity contribution >= 4 is 57.8 Å². The summed E-state index contributed by atoms with van der Waals surface area (Å²) in [5.74, 6) is -0.0422. The van der Waals surface area contributed by atoms with Crippen LogP contribution in [0.2, 0.25) is 10.0 Å². The van der Waals surface area contributed by atoms with E-state index >= 15 is 0 Å². The van der Waals surface area contributed by atoms with Crippen molar-refractivity contribution in [3.05, 3.63) is 63.0 Å². The fourth-order valence-corrected chi connectivity index (χ4v) is 3.01. The Kier molecular flexibility index (Phi) is 4.61. The van der Waals surface area contributed by atoms with Crippen molar-refractivity contribution in [3.63, 3.8) is 0 Å². The fourth-order valence-electron chi connectivity index (χ4n) is 1.87. The highest BCUT2D eigenvalue weighted by Gasteiger charge is 2.23. The van der Waals surface area contributed by atoms with Crippen LogP contribution in [-0.4, -0.2) is 16.2 Å². The topological polar surface area (TPSA) is 61.7 Å². The molecule has 7 heteroatoms. The molecule has 0 aromatic heterocycles. The third-order valence-electron chi connectivity index (χ3n) is 2.98. The van der Waals surface area contributed by atoms with Gasteiger partial charge in [-0.15, -0.1) is 0 Å². The first-order valence-corrected chi connectivity index (χ1v) is 8.12. The number of hydrogen-bond acceptors (Lipinski definition) is 4. The lowest BCUT2D eigenvalue weighted by Crippen LogP contribution is -2.19. The highest BCUT2D eigenvalue weighted by molar-refractivity contribution is 8.18. The SMILES string of the molecule is O=C1NC(=Nc2ccc(Cl)c(Cl)c2)SC1=Cc1ccc(O)cc1. The molecule has 3 rings (SSSR count). The van der Waals surface area contributed by atoms with Crippen LogP contribution in [0.25, 0.3) is 6.08 Å². The number of phenols is 1. The zero-order chi connectivity index (χ0) is 16.4.